The van der Waals surface area contributed by atoms with Crippen LogP contribution in [0.3, 0.4) is 0 Å². The van der Waals surface area contributed by atoms with Crippen LogP contribution in [0.1, 0.15) is 52.9 Å². The van der Waals surface area contributed by atoms with Gasteiger partial charge in [0.1, 0.15) is 0 Å². The van der Waals surface area contributed by atoms with Crippen molar-refractivity contribution in [1.82, 2.24) is 5.32 Å². The maximum atomic E-state index is 11.1. The second kappa shape index (κ2) is 5.41. The fraction of sp³-hybridized carbons (Fsp3) is 0.933. The van der Waals surface area contributed by atoms with Crippen LogP contribution in [0, 0.1) is 10.8 Å². The van der Waals surface area contributed by atoms with Gasteiger partial charge in [0.15, 0.2) is 0 Å². The van der Waals surface area contributed by atoms with E-state index < -0.39 is 11.4 Å². The SMILES string of the molecule is CCOC1CC(NCCC(C)(C)C(=O)O)C12CCC2. The lowest BCUT2D eigenvalue weighted by atomic mass is 9.51. The molecular formula is C15H27NO3. The third-order valence-electron chi connectivity index (χ3n) is 5.16. The summed E-state index contributed by atoms with van der Waals surface area (Å²) in [6, 6.07) is 0.530. The minimum Gasteiger partial charge on any atom is -0.481 e. The lowest BCUT2D eigenvalue weighted by Gasteiger charge is -2.61. The molecule has 0 heterocycles. The number of aliphatic carboxylic acids is 1. The lowest BCUT2D eigenvalue weighted by Crippen LogP contribution is -2.67. The van der Waals surface area contributed by atoms with Crippen molar-refractivity contribution in [3.05, 3.63) is 0 Å². The number of carbonyl (C=O) groups is 1. The molecule has 0 aromatic carbocycles. The van der Waals surface area contributed by atoms with E-state index in [0.717, 1.165) is 19.6 Å². The largest absolute Gasteiger partial charge is 0.481 e. The molecule has 19 heavy (non-hydrogen) atoms. The highest BCUT2D eigenvalue weighted by molar-refractivity contribution is 5.73. The molecule has 2 atom stereocenters. The molecule has 0 saturated heterocycles. The molecule has 2 rings (SSSR count). The van der Waals surface area contributed by atoms with E-state index in [2.05, 4.69) is 12.2 Å². The normalized spacial score (nSPS) is 28.8. The van der Waals surface area contributed by atoms with Crippen molar-refractivity contribution in [3.8, 4) is 0 Å². The zero-order valence-electron chi connectivity index (χ0n) is 12.4. The summed E-state index contributed by atoms with van der Waals surface area (Å²) in [6.45, 7) is 7.22. The van der Waals surface area contributed by atoms with Gasteiger partial charge in [-0.3, -0.25) is 4.79 Å². The van der Waals surface area contributed by atoms with Gasteiger partial charge in [-0.15, -0.1) is 0 Å². The minimum atomic E-state index is -0.714. The number of nitrogens with one attached hydrogen (secondary N) is 1. The Morgan fingerprint density at radius 3 is 2.63 bits per heavy atom. The van der Waals surface area contributed by atoms with E-state index in [0.29, 0.717) is 24.0 Å². The van der Waals surface area contributed by atoms with Gasteiger partial charge in [-0.25, -0.2) is 0 Å². The molecule has 4 nitrogen and oxygen atoms in total. The van der Waals surface area contributed by atoms with Crippen molar-refractivity contribution in [2.45, 2.75) is 65.0 Å². The van der Waals surface area contributed by atoms with Crippen LogP contribution in [0.4, 0.5) is 0 Å². The van der Waals surface area contributed by atoms with Gasteiger partial charge in [-0.05, 0) is 53.0 Å². The maximum Gasteiger partial charge on any atom is 0.309 e. The van der Waals surface area contributed by atoms with Crippen molar-refractivity contribution in [1.29, 1.82) is 0 Å². The Labute approximate surface area is 115 Å². The molecule has 0 aromatic heterocycles. The van der Waals surface area contributed by atoms with Gasteiger partial charge in [0.25, 0.3) is 0 Å². The first kappa shape index (κ1) is 14.8. The van der Waals surface area contributed by atoms with Crippen LogP contribution in [0.5, 0.6) is 0 Å². The monoisotopic (exact) mass is 269 g/mol. The molecule has 0 aliphatic heterocycles. The van der Waals surface area contributed by atoms with E-state index in [1.54, 1.807) is 13.8 Å². The second-order valence-corrected chi connectivity index (χ2v) is 6.71. The fourth-order valence-electron chi connectivity index (χ4n) is 3.39. The predicted octanol–water partition coefficient (Wildman–Crippen LogP) is 2.42. The molecule has 2 saturated carbocycles. The summed E-state index contributed by atoms with van der Waals surface area (Å²) in [6.07, 6.45) is 6.02. The van der Waals surface area contributed by atoms with Crippen LogP contribution in [-0.2, 0) is 9.53 Å². The van der Waals surface area contributed by atoms with E-state index in [-0.39, 0.29) is 0 Å². The van der Waals surface area contributed by atoms with Crippen molar-refractivity contribution in [2.24, 2.45) is 10.8 Å². The summed E-state index contributed by atoms with van der Waals surface area (Å²) in [7, 11) is 0. The molecular weight excluding hydrogens is 242 g/mol. The van der Waals surface area contributed by atoms with Crippen LogP contribution >= 0.6 is 0 Å². The Morgan fingerprint density at radius 2 is 2.16 bits per heavy atom. The summed E-state index contributed by atoms with van der Waals surface area (Å²) in [4.78, 5) is 11.1. The molecule has 2 unspecified atom stereocenters. The summed E-state index contributed by atoms with van der Waals surface area (Å²) in [5, 5.41) is 12.7. The highest BCUT2D eigenvalue weighted by Crippen LogP contribution is 2.57. The van der Waals surface area contributed by atoms with Crippen molar-refractivity contribution in [3.63, 3.8) is 0 Å². The Morgan fingerprint density at radius 1 is 1.47 bits per heavy atom. The number of hydrogen-bond donors (Lipinski definition) is 2. The molecule has 0 aromatic rings. The van der Waals surface area contributed by atoms with E-state index in [1.807, 2.05) is 0 Å². The van der Waals surface area contributed by atoms with Gasteiger partial charge in [0.05, 0.1) is 11.5 Å². The first-order valence-electron chi connectivity index (χ1n) is 7.51. The van der Waals surface area contributed by atoms with Gasteiger partial charge in [0.2, 0.25) is 0 Å². The van der Waals surface area contributed by atoms with Crippen LogP contribution in [-0.4, -0.2) is 36.4 Å². The van der Waals surface area contributed by atoms with Crippen LogP contribution in [0.25, 0.3) is 0 Å². The molecule has 1 spiro atoms. The predicted molar refractivity (Wildman–Crippen MR) is 74.1 cm³/mol. The number of carboxylic acids is 1. The van der Waals surface area contributed by atoms with Crippen LogP contribution in [0.2, 0.25) is 0 Å². The average molecular weight is 269 g/mol. The first-order chi connectivity index (χ1) is 8.92. The molecule has 0 bridgehead atoms. The third-order valence-corrected chi connectivity index (χ3v) is 5.16. The summed E-state index contributed by atoms with van der Waals surface area (Å²) in [5.41, 5.74) is -0.272. The molecule has 2 N–H and O–H groups in total. The summed E-state index contributed by atoms with van der Waals surface area (Å²) < 4.78 is 5.82. The molecule has 2 fully saturated rings. The third kappa shape index (κ3) is 2.65. The minimum absolute atomic E-state index is 0.364. The second-order valence-electron chi connectivity index (χ2n) is 6.71. The van der Waals surface area contributed by atoms with E-state index in [4.69, 9.17) is 9.84 Å². The highest BCUT2D eigenvalue weighted by atomic mass is 16.5. The Bertz CT molecular complexity index is 336. The number of hydrogen-bond acceptors (Lipinski definition) is 3. The van der Waals surface area contributed by atoms with Crippen LogP contribution < -0.4 is 5.32 Å². The molecule has 2 aliphatic carbocycles. The molecule has 4 heteroatoms. The maximum absolute atomic E-state index is 11.1. The quantitative estimate of drug-likeness (QED) is 0.745. The van der Waals surface area contributed by atoms with Crippen molar-refractivity contribution >= 4 is 5.97 Å². The lowest BCUT2D eigenvalue weighted by molar-refractivity contribution is -0.173. The topological polar surface area (TPSA) is 58.6 Å². The molecule has 110 valence electrons. The highest BCUT2D eigenvalue weighted by Gasteiger charge is 2.58. The number of carboxylic acid groups (broad SMARTS) is 1. The smallest absolute Gasteiger partial charge is 0.309 e. The standard InChI is InChI=1S/C15H27NO3/c1-4-19-12-10-11(15(12)6-5-7-15)16-9-8-14(2,3)13(17)18/h11-12,16H,4-10H2,1-3H3,(H,17,18). The van der Waals surface area contributed by atoms with E-state index in [9.17, 15) is 4.79 Å². The Balaban J connectivity index is 1.77. The Hall–Kier alpha value is -0.610. The van der Waals surface area contributed by atoms with Gasteiger partial charge in [-0.2, -0.15) is 0 Å². The zero-order valence-corrected chi connectivity index (χ0v) is 12.4. The summed E-state index contributed by atoms with van der Waals surface area (Å²) >= 11 is 0. The van der Waals surface area contributed by atoms with E-state index >= 15 is 0 Å². The van der Waals surface area contributed by atoms with Gasteiger partial charge >= 0.3 is 5.97 Å². The molecule has 2 aliphatic rings. The van der Waals surface area contributed by atoms with Crippen molar-refractivity contribution in [2.75, 3.05) is 13.2 Å². The van der Waals surface area contributed by atoms with Gasteiger partial charge < -0.3 is 15.2 Å². The average Bonchev–Trinajstić information content (AvgIpc) is 2.24. The van der Waals surface area contributed by atoms with Gasteiger partial charge in [-0.1, -0.05) is 6.42 Å². The zero-order chi connectivity index (χ0) is 14.1. The number of rotatable bonds is 7. The number of ether oxygens (including phenoxy) is 1. The van der Waals surface area contributed by atoms with Gasteiger partial charge in [0, 0.05) is 18.1 Å². The Kier molecular flexibility index (Phi) is 4.21. The van der Waals surface area contributed by atoms with E-state index in [1.165, 1.54) is 19.3 Å². The summed E-state index contributed by atoms with van der Waals surface area (Å²) in [5.74, 6) is -0.714. The molecule has 0 amide bonds. The first-order valence-corrected chi connectivity index (χ1v) is 7.51. The van der Waals surface area contributed by atoms with Crippen LogP contribution in [0.15, 0.2) is 0 Å². The fourth-order valence-corrected chi connectivity index (χ4v) is 3.39. The van der Waals surface area contributed by atoms with Crippen molar-refractivity contribution < 1.29 is 14.6 Å². The molecule has 0 radical (unpaired) electrons.